The lowest BCUT2D eigenvalue weighted by Crippen LogP contribution is -2.52. The number of quaternary nitrogens is 1. The topological polar surface area (TPSA) is 103 Å². The van der Waals surface area contributed by atoms with Gasteiger partial charge >= 0.3 is 0 Å². The second kappa shape index (κ2) is 11.5. The molecule has 1 rings (SSSR count). The molecule has 0 saturated carbocycles. The van der Waals surface area contributed by atoms with Crippen molar-refractivity contribution in [2.45, 2.75) is 38.0 Å². The van der Waals surface area contributed by atoms with Gasteiger partial charge in [-0.25, -0.2) is 8.42 Å². The van der Waals surface area contributed by atoms with Gasteiger partial charge in [0.2, 0.25) is 15.7 Å². The predicted molar refractivity (Wildman–Crippen MR) is 103 cm³/mol. The Hall–Kier alpha value is -2.19. The maximum absolute atomic E-state index is 12.0. The molecule has 0 heterocycles. The number of rotatable bonds is 9. The molecular weight excluding hydrogens is 368 g/mol. The summed E-state index contributed by atoms with van der Waals surface area (Å²) in [7, 11) is -4.25. The number of carboxylic acids is 1. The summed E-state index contributed by atoms with van der Waals surface area (Å²) in [4.78, 5) is 21.6. The minimum absolute atomic E-state index is 0.219. The van der Waals surface area contributed by atoms with Gasteiger partial charge in [0.05, 0.1) is 37.0 Å². The van der Waals surface area contributed by atoms with Crippen LogP contribution in [0.4, 0.5) is 0 Å². The number of carbonyl (C=O) groups is 2. The molecule has 152 valence electrons. The van der Waals surface area contributed by atoms with Crippen LogP contribution in [0.15, 0.2) is 47.9 Å². The van der Waals surface area contributed by atoms with Crippen LogP contribution in [0.2, 0.25) is 0 Å². The highest BCUT2D eigenvalue weighted by Crippen LogP contribution is 2.14. The van der Waals surface area contributed by atoms with Crippen molar-refractivity contribution in [3.05, 3.63) is 43.0 Å². The quantitative estimate of drug-likeness (QED) is 0.488. The molecular formula is C19H30N2O5S. The summed E-state index contributed by atoms with van der Waals surface area (Å²) in [5.41, 5.74) is 0. The summed E-state index contributed by atoms with van der Waals surface area (Å²) < 4.78 is 25.2. The van der Waals surface area contributed by atoms with Crippen LogP contribution in [0.3, 0.4) is 0 Å². The lowest BCUT2D eigenvalue weighted by Gasteiger charge is -2.34. The Bertz CT molecular complexity index is 695. The molecule has 1 N–H and O–H groups in total. The molecule has 1 unspecified atom stereocenters. The van der Waals surface area contributed by atoms with E-state index in [4.69, 9.17) is 0 Å². The third-order valence-corrected chi connectivity index (χ3v) is 6.60. The number of aliphatic carboxylic acids is 1. The SMILES string of the molecule is C=CC(=O)NC(C(=O)[O-])S(=O)(=O)c1ccccc1.CC[N+](CC)(CC)CC. The Kier molecular flexibility index (Phi) is 10.6. The van der Waals surface area contributed by atoms with Crippen molar-refractivity contribution in [2.24, 2.45) is 0 Å². The highest BCUT2D eigenvalue weighted by atomic mass is 32.2. The van der Waals surface area contributed by atoms with Gasteiger partial charge in [0, 0.05) is 0 Å². The van der Waals surface area contributed by atoms with Gasteiger partial charge in [-0.2, -0.15) is 0 Å². The summed E-state index contributed by atoms with van der Waals surface area (Å²) in [6.45, 7) is 17.3. The smallest absolute Gasteiger partial charge is 0.244 e. The molecule has 1 atom stereocenters. The number of hydrogen-bond acceptors (Lipinski definition) is 5. The first-order valence-electron chi connectivity index (χ1n) is 8.91. The lowest BCUT2D eigenvalue weighted by atomic mass is 10.3. The number of hydrogen-bond donors (Lipinski definition) is 1. The molecule has 1 aromatic rings. The van der Waals surface area contributed by atoms with E-state index in [0.29, 0.717) is 0 Å². The van der Waals surface area contributed by atoms with Gasteiger partial charge in [-0.1, -0.05) is 24.8 Å². The van der Waals surface area contributed by atoms with Crippen molar-refractivity contribution < 1.29 is 27.6 Å². The van der Waals surface area contributed by atoms with Crippen LogP contribution >= 0.6 is 0 Å². The first-order valence-corrected chi connectivity index (χ1v) is 10.5. The summed E-state index contributed by atoms with van der Waals surface area (Å²) in [5, 5.41) is 10.5. The molecule has 0 aliphatic carbocycles. The van der Waals surface area contributed by atoms with Crippen LogP contribution in [-0.4, -0.2) is 56.3 Å². The van der Waals surface area contributed by atoms with Crippen molar-refractivity contribution in [3.63, 3.8) is 0 Å². The van der Waals surface area contributed by atoms with Crippen LogP contribution in [0.5, 0.6) is 0 Å². The minimum Gasteiger partial charge on any atom is -0.547 e. The Morgan fingerprint density at radius 2 is 1.52 bits per heavy atom. The largest absolute Gasteiger partial charge is 0.547 e. The van der Waals surface area contributed by atoms with E-state index in [1.54, 1.807) is 11.4 Å². The first-order chi connectivity index (χ1) is 12.6. The molecule has 27 heavy (non-hydrogen) atoms. The number of sulfone groups is 1. The minimum atomic E-state index is -4.25. The average Bonchev–Trinajstić information content (AvgIpc) is 2.69. The van der Waals surface area contributed by atoms with E-state index in [2.05, 4.69) is 34.3 Å². The van der Waals surface area contributed by atoms with Gasteiger partial charge in [-0.3, -0.25) is 4.79 Å². The van der Waals surface area contributed by atoms with E-state index >= 15 is 0 Å². The zero-order valence-corrected chi connectivity index (χ0v) is 17.3. The molecule has 0 aromatic heterocycles. The fraction of sp³-hybridized carbons (Fsp3) is 0.474. The Morgan fingerprint density at radius 3 is 1.81 bits per heavy atom. The fourth-order valence-electron chi connectivity index (χ4n) is 2.54. The Morgan fingerprint density at radius 1 is 1.07 bits per heavy atom. The first kappa shape index (κ1) is 24.8. The Labute approximate surface area is 162 Å². The molecule has 0 spiro atoms. The summed E-state index contributed by atoms with van der Waals surface area (Å²) in [5.74, 6) is -2.82. The van der Waals surface area contributed by atoms with E-state index in [1.807, 2.05) is 0 Å². The molecule has 0 bridgehead atoms. The Balaban J connectivity index is 0.000000636. The molecule has 8 heteroatoms. The fourth-order valence-corrected chi connectivity index (χ4v) is 3.87. The molecule has 0 aliphatic heterocycles. The zero-order chi connectivity index (χ0) is 21.1. The monoisotopic (exact) mass is 398 g/mol. The molecule has 7 nitrogen and oxygen atoms in total. The second-order valence-electron chi connectivity index (χ2n) is 5.88. The number of carboxylic acid groups (broad SMARTS) is 1. The van der Waals surface area contributed by atoms with E-state index in [9.17, 15) is 23.1 Å². The average molecular weight is 399 g/mol. The second-order valence-corrected chi connectivity index (χ2v) is 7.91. The number of nitrogens with zero attached hydrogens (tertiary/aromatic N) is 1. The van der Waals surface area contributed by atoms with Gasteiger partial charge in [0.15, 0.2) is 5.37 Å². The highest BCUT2D eigenvalue weighted by molar-refractivity contribution is 7.92. The van der Waals surface area contributed by atoms with Crippen molar-refractivity contribution >= 4 is 21.7 Å². The number of benzene rings is 1. The van der Waals surface area contributed by atoms with Crippen LogP contribution in [0.1, 0.15) is 27.7 Å². The maximum atomic E-state index is 12.0. The van der Waals surface area contributed by atoms with Gasteiger partial charge in [-0.05, 0) is 45.9 Å². The number of carbonyl (C=O) groups excluding carboxylic acids is 2. The van der Waals surface area contributed by atoms with Crippen molar-refractivity contribution in [1.29, 1.82) is 0 Å². The van der Waals surface area contributed by atoms with Gasteiger partial charge < -0.3 is 19.7 Å². The van der Waals surface area contributed by atoms with E-state index in [0.717, 1.165) is 6.08 Å². The summed E-state index contributed by atoms with van der Waals surface area (Å²) >= 11 is 0. The molecule has 1 aromatic carbocycles. The lowest BCUT2D eigenvalue weighted by molar-refractivity contribution is -0.921. The molecule has 0 saturated heterocycles. The van der Waals surface area contributed by atoms with Gasteiger partial charge in [0.1, 0.15) is 0 Å². The van der Waals surface area contributed by atoms with E-state index in [-0.39, 0.29) is 4.90 Å². The highest BCUT2D eigenvalue weighted by Gasteiger charge is 2.29. The van der Waals surface area contributed by atoms with Crippen molar-refractivity contribution in [3.8, 4) is 0 Å². The van der Waals surface area contributed by atoms with Gasteiger partial charge in [0.25, 0.3) is 0 Å². The third kappa shape index (κ3) is 7.15. The molecule has 0 radical (unpaired) electrons. The van der Waals surface area contributed by atoms with Crippen molar-refractivity contribution in [2.75, 3.05) is 26.2 Å². The number of nitrogens with one attached hydrogen (secondary N) is 1. The van der Waals surface area contributed by atoms with E-state index in [1.165, 1.54) is 54.9 Å². The number of amides is 1. The standard InChI is InChI=1S/C11H11NO5S.C8H20N/c1-2-9(13)12-10(11(14)15)18(16,17)8-6-4-3-5-7-8;1-5-9(6-2,7-3)8-4/h2-7,10H,1H2,(H,12,13)(H,14,15);5-8H2,1-4H3/q;+1/p-1. The van der Waals surface area contributed by atoms with Gasteiger partial charge in [-0.15, -0.1) is 0 Å². The predicted octanol–water partition coefficient (Wildman–Crippen LogP) is 0.721. The molecule has 1 amide bonds. The maximum Gasteiger partial charge on any atom is 0.244 e. The summed E-state index contributed by atoms with van der Waals surface area (Å²) in [6.07, 6.45) is 0.774. The third-order valence-electron chi connectivity index (χ3n) is 4.74. The molecule has 0 aliphatic rings. The normalized spacial score (nSPS) is 12.3. The van der Waals surface area contributed by atoms with Crippen LogP contribution < -0.4 is 10.4 Å². The van der Waals surface area contributed by atoms with Crippen LogP contribution in [0.25, 0.3) is 0 Å². The van der Waals surface area contributed by atoms with E-state index < -0.39 is 27.1 Å². The molecule has 0 fully saturated rings. The summed E-state index contributed by atoms with van der Waals surface area (Å²) in [6, 6.07) is 6.91. The zero-order valence-electron chi connectivity index (χ0n) is 16.5. The van der Waals surface area contributed by atoms with Crippen LogP contribution in [0, 0.1) is 0 Å². The van der Waals surface area contributed by atoms with Crippen LogP contribution in [-0.2, 0) is 19.4 Å². The van der Waals surface area contributed by atoms with Crippen molar-refractivity contribution in [1.82, 2.24) is 5.32 Å².